The number of nitrogens with zero attached hydrogens (tertiary/aromatic N) is 1. The van der Waals surface area contributed by atoms with Gasteiger partial charge in [-0.2, -0.15) is 0 Å². The van der Waals surface area contributed by atoms with Gasteiger partial charge in [0, 0.05) is 13.1 Å². The topological polar surface area (TPSA) is 75.7 Å². The van der Waals surface area contributed by atoms with Gasteiger partial charge in [0.15, 0.2) is 9.84 Å². The molecule has 22 heavy (non-hydrogen) atoms. The monoisotopic (exact) mass is 332 g/mol. The standard InChI is InChI=1S/C15H28N2O4S/c1-13(2)9-11(15(5,6)21-13)16-12(18)17-7-8-22(19,20)14(3,4)10-17/h11H,7-10H2,1-6H3,(H,16,18). The lowest BCUT2D eigenvalue weighted by molar-refractivity contribution is -0.0692. The van der Waals surface area contributed by atoms with Crippen molar-refractivity contribution in [2.75, 3.05) is 18.8 Å². The first-order valence-corrected chi connectivity index (χ1v) is 9.39. The molecular weight excluding hydrogens is 304 g/mol. The van der Waals surface area contributed by atoms with E-state index in [0.29, 0.717) is 0 Å². The van der Waals surface area contributed by atoms with Crippen LogP contribution in [0, 0.1) is 0 Å². The summed E-state index contributed by atoms with van der Waals surface area (Å²) in [6.07, 6.45) is 0.737. The highest BCUT2D eigenvalue weighted by Crippen LogP contribution is 2.37. The molecule has 6 nitrogen and oxygen atoms in total. The molecule has 2 heterocycles. The van der Waals surface area contributed by atoms with E-state index in [2.05, 4.69) is 5.32 Å². The lowest BCUT2D eigenvalue weighted by Crippen LogP contribution is -2.59. The van der Waals surface area contributed by atoms with Crippen LogP contribution in [0.2, 0.25) is 0 Å². The zero-order chi connectivity index (χ0) is 17.0. The van der Waals surface area contributed by atoms with E-state index in [9.17, 15) is 13.2 Å². The molecule has 2 amide bonds. The molecule has 2 aliphatic rings. The summed E-state index contributed by atoms with van der Waals surface area (Å²) in [5.41, 5.74) is -0.706. The van der Waals surface area contributed by atoms with Crippen LogP contribution in [0.5, 0.6) is 0 Å². The zero-order valence-electron chi connectivity index (χ0n) is 14.4. The summed E-state index contributed by atoms with van der Waals surface area (Å²) in [5, 5.41) is 3.03. The van der Waals surface area contributed by atoms with Gasteiger partial charge >= 0.3 is 6.03 Å². The van der Waals surface area contributed by atoms with Crippen LogP contribution < -0.4 is 5.32 Å². The van der Waals surface area contributed by atoms with Crippen LogP contribution in [0.4, 0.5) is 4.79 Å². The third-order valence-electron chi connectivity index (χ3n) is 4.70. The summed E-state index contributed by atoms with van der Waals surface area (Å²) >= 11 is 0. The number of ether oxygens (including phenoxy) is 1. The molecule has 2 rings (SSSR count). The molecule has 1 atom stereocenters. The minimum Gasteiger partial charge on any atom is -0.367 e. The molecule has 1 unspecified atom stereocenters. The minimum atomic E-state index is -3.14. The van der Waals surface area contributed by atoms with Crippen LogP contribution in [0.3, 0.4) is 0 Å². The molecule has 0 radical (unpaired) electrons. The number of hydrogen-bond acceptors (Lipinski definition) is 4. The highest BCUT2D eigenvalue weighted by Gasteiger charge is 2.48. The summed E-state index contributed by atoms with van der Waals surface area (Å²) in [4.78, 5) is 14.1. The number of nitrogens with one attached hydrogen (secondary N) is 1. The maximum absolute atomic E-state index is 12.5. The molecule has 0 aromatic carbocycles. The van der Waals surface area contributed by atoms with Crippen LogP contribution in [0.25, 0.3) is 0 Å². The molecule has 0 bridgehead atoms. The number of carbonyl (C=O) groups is 1. The van der Waals surface area contributed by atoms with E-state index in [-0.39, 0.29) is 36.5 Å². The predicted octanol–water partition coefficient (Wildman–Crippen LogP) is 1.55. The number of sulfone groups is 1. The highest BCUT2D eigenvalue weighted by atomic mass is 32.2. The molecule has 0 aromatic rings. The lowest BCUT2D eigenvalue weighted by Gasteiger charge is -2.38. The van der Waals surface area contributed by atoms with Gasteiger partial charge in [0.05, 0.1) is 27.7 Å². The number of hydrogen-bond donors (Lipinski definition) is 1. The molecule has 128 valence electrons. The number of urea groups is 1. The van der Waals surface area contributed by atoms with Crippen LogP contribution in [0.15, 0.2) is 0 Å². The molecule has 7 heteroatoms. The Morgan fingerprint density at radius 3 is 2.23 bits per heavy atom. The largest absolute Gasteiger partial charge is 0.367 e. The Morgan fingerprint density at radius 1 is 1.18 bits per heavy atom. The van der Waals surface area contributed by atoms with Crippen molar-refractivity contribution in [2.45, 2.75) is 70.0 Å². The fraction of sp³-hybridized carbons (Fsp3) is 0.933. The molecule has 0 aromatic heterocycles. The Labute approximate surface area is 133 Å². The van der Waals surface area contributed by atoms with Gasteiger partial charge in [-0.25, -0.2) is 13.2 Å². The van der Waals surface area contributed by atoms with Gasteiger partial charge in [-0.3, -0.25) is 0 Å². The van der Waals surface area contributed by atoms with Crippen molar-refractivity contribution in [3.05, 3.63) is 0 Å². The molecule has 2 aliphatic heterocycles. The van der Waals surface area contributed by atoms with E-state index >= 15 is 0 Å². The van der Waals surface area contributed by atoms with Crippen LogP contribution >= 0.6 is 0 Å². The molecule has 1 N–H and O–H groups in total. The maximum atomic E-state index is 12.5. The first kappa shape index (κ1) is 17.5. The van der Waals surface area contributed by atoms with Crippen molar-refractivity contribution >= 4 is 15.9 Å². The van der Waals surface area contributed by atoms with E-state index in [1.54, 1.807) is 18.7 Å². The zero-order valence-corrected chi connectivity index (χ0v) is 15.2. The van der Waals surface area contributed by atoms with Crippen molar-refractivity contribution in [3.8, 4) is 0 Å². The molecule has 2 fully saturated rings. The number of amides is 2. The van der Waals surface area contributed by atoms with E-state index in [0.717, 1.165) is 6.42 Å². The summed E-state index contributed by atoms with van der Waals surface area (Å²) < 4.78 is 29.1. The Kier molecular flexibility index (Phi) is 4.06. The van der Waals surface area contributed by atoms with Crippen molar-refractivity contribution < 1.29 is 17.9 Å². The van der Waals surface area contributed by atoms with E-state index in [1.807, 2.05) is 27.7 Å². The van der Waals surface area contributed by atoms with Crippen molar-refractivity contribution in [1.29, 1.82) is 0 Å². The minimum absolute atomic E-state index is 0.0173. The second-order valence-corrected chi connectivity index (χ2v) is 10.9. The highest BCUT2D eigenvalue weighted by molar-refractivity contribution is 7.92. The number of carbonyl (C=O) groups excluding carboxylic acids is 1. The second kappa shape index (κ2) is 5.09. The first-order chi connectivity index (χ1) is 9.76. The smallest absolute Gasteiger partial charge is 0.317 e. The maximum Gasteiger partial charge on any atom is 0.317 e. The molecule has 0 saturated carbocycles. The fourth-order valence-electron chi connectivity index (χ4n) is 3.34. The van der Waals surface area contributed by atoms with Crippen LogP contribution in [0.1, 0.15) is 48.0 Å². The average molecular weight is 332 g/mol. The van der Waals surface area contributed by atoms with E-state index in [4.69, 9.17) is 4.74 Å². The Morgan fingerprint density at radius 2 is 1.77 bits per heavy atom. The quantitative estimate of drug-likeness (QED) is 0.790. The van der Waals surface area contributed by atoms with Gasteiger partial charge in [0.1, 0.15) is 0 Å². The predicted molar refractivity (Wildman–Crippen MR) is 85.6 cm³/mol. The van der Waals surface area contributed by atoms with Gasteiger partial charge in [-0.05, 0) is 48.0 Å². The normalized spacial score (nSPS) is 31.7. The van der Waals surface area contributed by atoms with Crippen molar-refractivity contribution in [1.82, 2.24) is 10.2 Å². The van der Waals surface area contributed by atoms with Gasteiger partial charge in [0.25, 0.3) is 0 Å². The fourth-order valence-corrected chi connectivity index (χ4v) is 4.71. The summed E-state index contributed by atoms with van der Waals surface area (Å²) in [6, 6.07) is -0.293. The Hall–Kier alpha value is -0.820. The third-order valence-corrected chi connectivity index (χ3v) is 7.24. The average Bonchev–Trinajstić information content (AvgIpc) is 2.50. The van der Waals surface area contributed by atoms with Crippen LogP contribution in [-0.2, 0) is 14.6 Å². The number of rotatable bonds is 1. The molecule has 0 aliphatic carbocycles. The Bertz CT molecular complexity index is 566. The van der Waals surface area contributed by atoms with E-state index < -0.39 is 20.2 Å². The van der Waals surface area contributed by atoms with Gasteiger partial charge in [-0.15, -0.1) is 0 Å². The van der Waals surface area contributed by atoms with Gasteiger partial charge in [0.2, 0.25) is 0 Å². The van der Waals surface area contributed by atoms with Crippen LogP contribution in [-0.4, -0.2) is 60.2 Å². The van der Waals surface area contributed by atoms with E-state index in [1.165, 1.54) is 0 Å². The SMILES string of the molecule is CC1(C)CC(NC(=O)N2CCS(=O)(=O)C(C)(C)C2)C(C)(C)O1. The van der Waals surface area contributed by atoms with Gasteiger partial charge in [-0.1, -0.05) is 0 Å². The second-order valence-electron chi connectivity index (χ2n) is 8.17. The molecular formula is C15H28N2O4S. The van der Waals surface area contributed by atoms with Gasteiger partial charge < -0.3 is 15.0 Å². The molecule has 2 saturated heterocycles. The summed E-state index contributed by atoms with van der Waals surface area (Å²) in [7, 11) is -3.14. The Balaban J connectivity index is 2.05. The molecule has 0 spiro atoms. The third kappa shape index (κ3) is 3.25. The summed E-state index contributed by atoms with van der Waals surface area (Å²) in [6.45, 7) is 11.8. The van der Waals surface area contributed by atoms with Crippen molar-refractivity contribution in [3.63, 3.8) is 0 Å². The summed E-state index contributed by atoms with van der Waals surface area (Å²) in [5.74, 6) is 0.0173. The first-order valence-electron chi connectivity index (χ1n) is 7.74. The lowest BCUT2D eigenvalue weighted by atomic mass is 9.94. The van der Waals surface area contributed by atoms with Crippen molar-refractivity contribution in [2.24, 2.45) is 0 Å².